The van der Waals surface area contributed by atoms with Crippen LogP contribution in [-0.2, 0) is 4.79 Å². The minimum absolute atomic E-state index is 0.0626. The number of hydrogen-bond acceptors (Lipinski definition) is 7. The van der Waals surface area contributed by atoms with Crippen molar-refractivity contribution in [3.63, 3.8) is 0 Å². The van der Waals surface area contributed by atoms with Crippen LogP contribution in [0.2, 0.25) is 0 Å². The highest BCUT2D eigenvalue weighted by atomic mass is 32.2. The number of thioether (sulfide) groups is 1. The van der Waals surface area contributed by atoms with Gasteiger partial charge in [-0.15, -0.1) is 10.2 Å². The molecule has 1 aliphatic carbocycles. The minimum Gasteiger partial charge on any atom is -0.495 e. The first-order valence-electron chi connectivity index (χ1n) is 7.77. The normalized spacial score (nSPS) is 15.0. The molecule has 3 rings (SSSR count). The van der Waals surface area contributed by atoms with E-state index in [2.05, 4.69) is 20.8 Å². The first-order chi connectivity index (χ1) is 11.5. The van der Waals surface area contributed by atoms with E-state index in [-0.39, 0.29) is 11.2 Å². The van der Waals surface area contributed by atoms with Crippen LogP contribution in [0.25, 0.3) is 0 Å². The Balaban J connectivity index is 1.63. The highest BCUT2D eigenvalue weighted by Crippen LogP contribution is 2.33. The predicted octanol–water partition coefficient (Wildman–Crippen LogP) is 3.36. The van der Waals surface area contributed by atoms with Crippen molar-refractivity contribution >= 4 is 39.8 Å². The molecule has 6 nitrogen and oxygen atoms in total. The molecule has 0 aliphatic heterocycles. The second-order valence-electron chi connectivity index (χ2n) is 5.74. The zero-order chi connectivity index (χ0) is 17.1. The van der Waals surface area contributed by atoms with Crippen molar-refractivity contribution in [1.29, 1.82) is 0 Å². The minimum atomic E-state index is -0.181. The number of methoxy groups -OCH3 is 1. The summed E-state index contributed by atoms with van der Waals surface area (Å²) in [6, 6.07) is 6.28. The van der Waals surface area contributed by atoms with E-state index in [1.807, 2.05) is 32.0 Å². The van der Waals surface area contributed by atoms with E-state index in [1.54, 1.807) is 7.11 Å². The van der Waals surface area contributed by atoms with E-state index in [9.17, 15) is 4.79 Å². The number of nitrogens with one attached hydrogen (secondary N) is 2. The van der Waals surface area contributed by atoms with Crippen molar-refractivity contribution in [3.8, 4) is 5.75 Å². The van der Waals surface area contributed by atoms with Crippen LogP contribution in [0.1, 0.15) is 25.3 Å². The third-order valence-corrected chi connectivity index (χ3v) is 5.60. The molecule has 0 radical (unpaired) electrons. The SMILES string of the molecule is COc1ccc(C)cc1Nc1nnc(SC(C)C(=O)NC2CC2)s1. The van der Waals surface area contributed by atoms with Crippen LogP contribution in [0.15, 0.2) is 22.5 Å². The predicted molar refractivity (Wildman–Crippen MR) is 97.4 cm³/mol. The lowest BCUT2D eigenvalue weighted by Crippen LogP contribution is -2.32. The fourth-order valence-corrected chi connectivity index (χ4v) is 4.01. The maximum Gasteiger partial charge on any atom is 0.233 e. The molecule has 1 unspecified atom stereocenters. The summed E-state index contributed by atoms with van der Waals surface area (Å²) in [5.74, 6) is 0.815. The van der Waals surface area contributed by atoms with Crippen molar-refractivity contribution in [2.75, 3.05) is 12.4 Å². The maximum absolute atomic E-state index is 12.0. The zero-order valence-electron chi connectivity index (χ0n) is 13.8. The maximum atomic E-state index is 12.0. The molecule has 1 aliphatic rings. The molecule has 1 aromatic heterocycles. The summed E-state index contributed by atoms with van der Waals surface area (Å²) in [5.41, 5.74) is 1.98. The third-order valence-electron chi connectivity index (χ3n) is 3.57. The van der Waals surface area contributed by atoms with E-state index in [1.165, 1.54) is 23.1 Å². The number of aromatic nitrogens is 2. The second-order valence-corrected chi connectivity index (χ2v) is 8.31. The number of ether oxygens (including phenoxy) is 1. The number of hydrogen-bond donors (Lipinski definition) is 2. The molecule has 1 fully saturated rings. The van der Waals surface area contributed by atoms with Crippen LogP contribution in [0.4, 0.5) is 10.8 Å². The Bertz CT molecular complexity index is 731. The van der Waals surface area contributed by atoms with Gasteiger partial charge >= 0.3 is 0 Å². The number of rotatable bonds is 7. The number of carbonyl (C=O) groups is 1. The van der Waals surface area contributed by atoms with Gasteiger partial charge in [-0.05, 0) is 44.4 Å². The molecule has 1 aromatic carbocycles. The largest absolute Gasteiger partial charge is 0.495 e. The summed E-state index contributed by atoms with van der Waals surface area (Å²) in [5, 5.41) is 15.0. The summed E-state index contributed by atoms with van der Waals surface area (Å²) < 4.78 is 6.12. The lowest BCUT2D eigenvalue weighted by Gasteiger charge is -2.09. The van der Waals surface area contributed by atoms with Gasteiger partial charge in [0.05, 0.1) is 18.0 Å². The van der Waals surface area contributed by atoms with Crippen LogP contribution in [0.5, 0.6) is 5.75 Å². The highest BCUT2D eigenvalue weighted by molar-refractivity contribution is 8.02. The lowest BCUT2D eigenvalue weighted by atomic mass is 10.2. The number of nitrogens with zero attached hydrogens (tertiary/aromatic N) is 2. The molecule has 24 heavy (non-hydrogen) atoms. The highest BCUT2D eigenvalue weighted by Gasteiger charge is 2.26. The average molecular weight is 364 g/mol. The first kappa shape index (κ1) is 17.0. The van der Waals surface area contributed by atoms with Crippen LogP contribution in [0, 0.1) is 6.92 Å². The van der Waals surface area contributed by atoms with E-state index in [0.29, 0.717) is 11.2 Å². The summed E-state index contributed by atoms with van der Waals surface area (Å²) >= 11 is 2.85. The number of anilines is 2. The van der Waals surface area contributed by atoms with Gasteiger partial charge < -0.3 is 15.4 Å². The summed E-state index contributed by atoms with van der Waals surface area (Å²) in [7, 11) is 1.64. The van der Waals surface area contributed by atoms with Crippen LogP contribution < -0.4 is 15.4 Å². The number of carbonyl (C=O) groups excluding carboxylic acids is 1. The first-order valence-corrected chi connectivity index (χ1v) is 9.47. The third kappa shape index (κ3) is 4.39. The molecule has 128 valence electrons. The monoisotopic (exact) mass is 364 g/mol. The molecule has 0 saturated heterocycles. The fraction of sp³-hybridized carbons (Fsp3) is 0.438. The van der Waals surface area contributed by atoms with Crippen molar-refractivity contribution in [2.24, 2.45) is 0 Å². The van der Waals surface area contributed by atoms with E-state index in [4.69, 9.17) is 4.74 Å². The van der Waals surface area contributed by atoms with E-state index in [0.717, 1.165) is 34.2 Å². The average Bonchev–Trinajstić information content (AvgIpc) is 3.26. The van der Waals surface area contributed by atoms with Crippen LogP contribution >= 0.6 is 23.1 Å². The van der Waals surface area contributed by atoms with Gasteiger partial charge in [0.25, 0.3) is 0 Å². The van der Waals surface area contributed by atoms with Gasteiger partial charge in [-0.2, -0.15) is 0 Å². The summed E-state index contributed by atoms with van der Waals surface area (Å²) in [6.45, 7) is 3.91. The molecule has 1 saturated carbocycles. The fourth-order valence-electron chi connectivity index (χ4n) is 2.09. The topological polar surface area (TPSA) is 76.1 Å². The van der Waals surface area contributed by atoms with Gasteiger partial charge in [0.15, 0.2) is 4.34 Å². The van der Waals surface area contributed by atoms with Crippen LogP contribution in [0.3, 0.4) is 0 Å². The van der Waals surface area contributed by atoms with Crippen molar-refractivity contribution < 1.29 is 9.53 Å². The second kappa shape index (κ2) is 7.40. The Morgan fingerprint density at radius 2 is 2.21 bits per heavy atom. The smallest absolute Gasteiger partial charge is 0.233 e. The molecule has 1 atom stereocenters. The molecule has 2 aromatic rings. The van der Waals surface area contributed by atoms with Gasteiger partial charge in [0.2, 0.25) is 11.0 Å². The van der Waals surface area contributed by atoms with Gasteiger partial charge in [-0.3, -0.25) is 4.79 Å². The van der Waals surface area contributed by atoms with Crippen molar-refractivity contribution in [1.82, 2.24) is 15.5 Å². The molecule has 1 heterocycles. The Labute approximate surface area is 149 Å². The van der Waals surface area contributed by atoms with E-state index >= 15 is 0 Å². The number of aryl methyl sites for hydroxylation is 1. The summed E-state index contributed by atoms with van der Waals surface area (Å²) in [6.07, 6.45) is 2.18. The van der Waals surface area contributed by atoms with E-state index < -0.39 is 0 Å². The number of benzene rings is 1. The molecule has 1 amide bonds. The van der Waals surface area contributed by atoms with Crippen LogP contribution in [-0.4, -0.2) is 34.5 Å². The molecular weight excluding hydrogens is 344 g/mol. The lowest BCUT2D eigenvalue weighted by molar-refractivity contribution is -0.120. The van der Waals surface area contributed by atoms with Crippen molar-refractivity contribution in [3.05, 3.63) is 23.8 Å². The summed E-state index contributed by atoms with van der Waals surface area (Å²) in [4.78, 5) is 12.0. The van der Waals surface area contributed by atoms with Gasteiger partial charge in [0, 0.05) is 6.04 Å². The molecule has 0 spiro atoms. The Kier molecular flexibility index (Phi) is 5.25. The van der Waals surface area contributed by atoms with Gasteiger partial charge in [0.1, 0.15) is 5.75 Å². The standard InChI is InChI=1S/C16H20N4O2S2/c1-9-4-7-13(22-3)12(8-9)18-15-19-20-16(24-15)23-10(2)14(21)17-11-5-6-11/h4,7-8,10-11H,5-6H2,1-3H3,(H,17,21)(H,18,19). The Morgan fingerprint density at radius 3 is 2.92 bits per heavy atom. The Morgan fingerprint density at radius 1 is 1.42 bits per heavy atom. The quantitative estimate of drug-likeness (QED) is 0.734. The van der Waals surface area contributed by atoms with Crippen molar-refractivity contribution in [2.45, 2.75) is 42.3 Å². The van der Waals surface area contributed by atoms with Gasteiger partial charge in [-0.25, -0.2) is 0 Å². The Hall–Kier alpha value is -1.80. The zero-order valence-corrected chi connectivity index (χ0v) is 15.5. The molecular formula is C16H20N4O2S2. The molecule has 0 bridgehead atoms. The molecule has 8 heteroatoms. The van der Waals surface area contributed by atoms with Gasteiger partial charge in [-0.1, -0.05) is 29.2 Å². The molecule has 2 N–H and O–H groups in total. The number of amides is 1.